The molecule has 140 valence electrons. The predicted molar refractivity (Wildman–Crippen MR) is 95.5 cm³/mol. The lowest BCUT2D eigenvalue weighted by atomic mass is 10.2. The van der Waals surface area contributed by atoms with Crippen molar-refractivity contribution in [1.29, 1.82) is 0 Å². The molecule has 0 unspecified atom stereocenters. The number of carbonyl (C=O) groups excluding carboxylic acids is 1. The minimum atomic E-state index is -3.60. The smallest absolute Gasteiger partial charge is 0.258 e. The molecule has 26 heavy (non-hydrogen) atoms. The van der Waals surface area contributed by atoms with Gasteiger partial charge >= 0.3 is 0 Å². The minimum Gasteiger partial charge on any atom is -0.322 e. The second-order valence-electron chi connectivity index (χ2n) is 5.78. The quantitative estimate of drug-likeness (QED) is 0.795. The van der Waals surface area contributed by atoms with Gasteiger partial charge in [0.2, 0.25) is 10.0 Å². The van der Waals surface area contributed by atoms with Gasteiger partial charge in [0.05, 0.1) is 10.5 Å². The molecule has 0 spiro atoms. The van der Waals surface area contributed by atoms with Gasteiger partial charge in [-0.25, -0.2) is 21.5 Å². The van der Waals surface area contributed by atoms with Gasteiger partial charge in [-0.15, -0.1) is 0 Å². The molecule has 2 aromatic carbocycles. The number of hydrogen-bond acceptors (Lipinski definition) is 3. The van der Waals surface area contributed by atoms with Crippen LogP contribution in [0.25, 0.3) is 0 Å². The van der Waals surface area contributed by atoms with Gasteiger partial charge in [0.25, 0.3) is 5.91 Å². The lowest BCUT2D eigenvalue weighted by Crippen LogP contribution is -2.27. The zero-order valence-electron chi connectivity index (χ0n) is 14.5. The number of anilines is 1. The van der Waals surface area contributed by atoms with Crippen molar-refractivity contribution < 1.29 is 22.0 Å². The molecule has 0 aliphatic rings. The topological polar surface area (TPSA) is 66.5 Å². The van der Waals surface area contributed by atoms with Gasteiger partial charge in [-0.3, -0.25) is 4.79 Å². The molecule has 0 atom stereocenters. The van der Waals surface area contributed by atoms with Gasteiger partial charge in [0.15, 0.2) is 0 Å². The standard InChI is InChI=1S/C18H20F2N2O3S/c1-3-4-11-22(2)26(24,25)15-8-6-14(7-9-15)21-18(23)16-10-5-13(19)12-17(16)20/h5-10,12H,3-4,11H2,1-2H3,(H,21,23). The average Bonchev–Trinajstić information content (AvgIpc) is 2.59. The van der Waals surface area contributed by atoms with Crippen molar-refractivity contribution in [2.75, 3.05) is 18.9 Å². The largest absolute Gasteiger partial charge is 0.322 e. The second-order valence-corrected chi connectivity index (χ2v) is 7.83. The van der Waals surface area contributed by atoms with Crippen molar-refractivity contribution in [3.05, 3.63) is 59.7 Å². The molecule has 0 aromatic heterocycles. The molecule has 0 saturated carbocycles. The third kappa shape index (κ3) is 4.64. The summed E-state index contributed by atoms with van der Waals surface area (Å²) < 4.78 is 52.7. The molecule has 8 heteroatoms. The van der Waals surface area contributed by atoms with E-state index in [9.17, 15) is 22.0 Å². The van der Waals surface area contributed by atoms with Gasteiger partial charge in [0.1, 0.15) is 11.6 Å². The van der Waals surface area contributed by atoms with Crippen LogP contribution >= 0.6 is 0 Å². The van der Waals surface area contributed by atoms with Crippen molar-refractivity contribution in [1.82, 2.24) is 4.31 Å². The molecule has 5 nitrogen and oxygen atoms in total. The summed E-state index contributed by atoms with van der Waals surface area (Å²) >= 11 is 0. The van der Waals surface area contributed by atoms with Crippen LogP contribution in [0.3, 0.4) is 0 Å². The zero-order chi connectivity index (χ0) is 19.3. The van der Waals surface area contributed by atoms with Crippen molar-refractivity contribution in [3.63, 3.8) is 0 Å². The van der Waals surface area contributed by atoms with Crippen molar-refractivity contribution >= 4 is 21.6 Å². The Morgan fingerprint density at radius 1 is 1.12 bits per heavy atom. The molecule has 0 saturated heterocycles. The Morgan fingerprint density at radius 2 is 1.77 bits per heavy atom. The highest BCUT2D eigenvalue weighted by atomic mass is 32.2. The van der Waals surface area contributed by atoms with Crippen molar-refractivity contribution in [2.24, 2.45) is 0 Å². The third-order valence-corrected chi connectivity index (χ3v) is 5.69. The van der Waals surface area contributed by atoms with Gasteiger partial charge in [-0.05, 0) is 42.8 Å². The zero-order valence-corrected chi connectivity index (χ0v) is 15.3. The van der Waals surface area contributed by atoms with Gasteiger partial charge in [-0.1, -0.05) is 13.3 Å². The molecule has 2 aromatic rings. The number of unbranched alkanes of at least 4 members (excludes halogenated alkanes) is 1. The lowest BCUT2D eigenvalue weighted by Gasteiger charge is -2.17. The minimum absolute atomic E-state index is 0.0991. The van der Waals surface area contributed by atoms with E-state index >= 15 is 0 Å². The van der Waals surface area contributed by atoms with Crippen LogP contribution in [0.15, 0.2) is 47.4 Å². The highest BCUT2D eigenvalue weighted by Gasteiger charge is 2.20. The molecule has 0 bridgehead atoms. The first-order valence-corrected chi connectivity index (χ1v) is 9.52. The molecule has 0 aliphatic heterocycles. The fourth-order valence-electron chi connectivity index (χ4n) is 2.26. The fraction of sp³-hybridized carbons (Fsp3) is 0.278. The first-order chi connectivity index (χ1) is 12.3. The van der Waals surface area contributed by atoms with E-state index in [0.717, 1.165) is 25.0 Å². The Hall–Kier alpha value is -2.32. The van der Waals surface area contributed by atoms with Crippen LogP contribution in [0, 0.1) is 11.6 Å². The Bertz CT molecular complexity index is 884. The molecular formula is C18H20F2N2O3S. The molecule has 0 aliphatic carbocycles. The summed E-state index contributed by atoms with van der Waals surface area (Å²) in [5.41, 5.74) is -0.00344. The molecule has 1 N–H and O–H groups in total. The molecule has 0 heterocycles. The summed E-state index contributed by atoms with van der Waals surface area (Å²) in [6.07, 6.45) is 1.64. The van der Waals surface area contributed by atoms with Gasteiger partial charge in [-0.2, -0.15) is 0 Å². The number of hydrogen-bond donors (Lipinski definition) is 1. The first-order valence-electron chi connectivity index (χ1n) is 8.08. The maximum absolute atomic E-state index is 13.6. The summed E-state index contributed by atoms with van der Waals surface area (Å²) in [7, 11) is -2.09. The summed E-state index contributed by atoms with van der Waals surface area (Å²) in [6.45, 7) is 2.39. The van der Waals surface area contributed by atoms with E-state index in [1.54, 1.807) is 0 Å². The lowest BCUT2D eigenvalue weighted by molar-refractivity contribution is 0.102. The van der Waals surface area contributed by atoms with Crippen LogP contribution < -0.4 is 5.32 Å². The highest BCUT2D eigenvalue weighted by Crippen LogP contribution is 2.19. The van der Waals surface area contributed by atoms with Crippen molar-refractivity contribution in [2.45, 2.75) is 24.7 Å². The maximum atomic E-state index is 13.6. The van der Waals surface area contributed by atoms with E-state index in [1.807, 2.05) is 6.92 Å². The van der Waals surface area contributed by atoms with E-state index in [1.165, 1.54) is 35.6 Å². The average molecular weight is 382 g/mol. The van der Waals surface area contributed by atoms with E-state index in [0.29, 0.717) is 18.3 Å². The summed E-state index contributed by atoms with van der Waals surface area (Å²) in [5.74, 6) is -2.50. The number of nitrogens with zero attached hydrogens (tertiary/aromatic N) is 1. The number of nitrogens with one attached hydrogen (secondary N) is 1. The summed E-state index contributed by atoms with van der Waals surface area (Å²) in [4.78, 5) is 12.2. The first kappa shape index (κ1) is 20.0. The SMILES string of the molecule is CCCCN(C)S(=O)(=O)c1ccc(NC(=O)c2ccc(F)cc2F)cc1. The monoisotopic (exact) mass is 382 g/mol. The van der Waals surface area contributed by atoms with E-state index in [4.69, 9.17) is 0 Å². The fourth-order valence-corrected chi connectivity index (χ4v) is 3.47. The molecule has 0 fully saturated rings. The summed E-state index contributed by atoms with van der Waals surface area (Å²) in [5, 5.41) is 2.45. The van der Waals surface area contributed by atoms with E-state index in [2.05, 4.69) is 5.32 Å². The van der Waals surface area contributed by atoms with E-state index in [-0.39, 0.29) is 10.5 Å². The van der Waals surface area contributed by atoms with Crippen LogP contribution in [-0.2, 0) is 10.0 Å². The number of rotatable bonds is 7. The van der Waals surface area contributed by atoms with Gasteiger partial charge in [0, 0.05) is 25.3 Å². The molecule has 0 radical (unpaired) electrons. The normalized spacial score (nSPS) is 11.6. The molecule has 1 amide bonds. The number of carbonyl (C=O) groups is 1. The van der Waals surface area contributed by atoms with Crippen LogP contribution in [0.1, 0.15) is 30.1 Å². The predicted octanol–water partition coefficient (Wildman–Crippen LogP) is 3.64. The summed E-state index contributed by atoms with van der Waals surface area (Å²) in [6, 6.07) is 8.22. The van der Waals surface area contributed by atoms with Crippen LogP contribution in [-0.4, -0.2) is 32.2 Å². The highest BCUT2D eigenvalue weighted by molar-refractivity contribution is 7.89. The second kappa shape index (κ2) is 8.37. The Balaban J connectivity index is 2.13. The number of amides is 1. The van der Waals surface area contributed by atoms with Crippen LogP contribution in [0.5, 0.6) is 0 Å². The van der Waals surface area contributed by atoms with Gasteiger partial charge < -0.3 is 5.32 Å². The van der Waals surface area contributed by atoms with E-state index < -0.39 is 27.6 Å². The van der Waals surface area contributed by atoms with Crippen molar-refractivity contribution in [3.8, 4) is 0 Å². The Kier molecular flexibility index (Phi) is 6.44. The molecular weight excluding hydrogens is 362 g/mol. The maximum Gasteiger partial charge on any atom is 0.258 e. The number of sulfonamides is 1. The number of benzene rings is 2. The molecule has 2 rings (SSSR count). The number of halogens is 2. The van der Waals surface area contributed by atoms with Crippen LogP contribution in [0.2, 0.25) is 0 Å². The van der Waals surface area contributed by atoms with Crippen LogP contribution in [0.4, 0.5) is 14.5 Å². The third-order valence-electron chi connectivity index (χ3n) is 3.82. The Labute approximate surface area is 151 Å². The Morgan fingerprint density at radius 3 is 2.35 bits per heavy atom.